The van der Waals surface area contributed by atoms with Crippen LogP contribution < -0.4 is 0 Å². The van der Waals surface area contributed by atoms with Crippen LogP contribution in [0.4, 0.5) is 0 Å². The van der Waals surface area contributed by atoms with Gasteiger partial charge in [-0.2, -0.15) is 10.1 Å². The Balaban J connectivity index is 1.82. The van der Waals surface area contributed by atoms with Crippen molar-refractivity contribution in [3.63, 3.8) is 0 Å². The van der Waals surface area contributed by atoms with Gasteiger partial charge in [0.2, 0.25) is 11.7 Å². The monoisotopic (exact) mass is 221 g/mol. The van der Waals surface area contributed by atoms with Crippen molar-refractivity contribution >= 4 is 0 Å². The van der Waals surface area contributed by atoms with Crippen LogP contribution in [0.5, 0.6) is 0 Å². The second kappa shape index (κ2) is 4.01. The van der Waals surface area contributed by atoms with E-state index in [0.29, 0.717) is 24.1 Å². The molecule has 7 heteroatoms. The largest absolute Gasteiger partial charge is 0.381 e. The van der Waals surface area contributed by atoms with E-state index in [1.807, 2.05) is 0 Å². The molecule has 0 spiro atoms. The highest BCUT2D eigenvalue weighted by atomic mass is 16.5. The van der Waals surface area contributed by atoms with Gasteiger partial charge in [-0.1, -0.05) is 5.16 Å². The number of hydrogen-bond acceptors (Lipinski definition) is 6. The van der Waals surface area contributed by atoms with Gasteiger partial charge in [0.1, 0.15) is 6.33 Å². The molecule has 1 fully saturated rings. The lowest BCUT2D eigenvalue weighted by atomic mass is 10.0. The molecule has 0 aromatic carbocycles. The van der Waals surface area contributed by atoms with Gasteiger partial charge in [-0.25, -0.2) is 4.98 Å². The smallest absolute Gasteiger partial charge is 0.239 e. The van der Waals surface area contributed by atoms with Crippen LogP contribution in [0.15, 0.2) is 10.9 Å². The third kappa shape index (κ3) is 1.69. The highest BCUT2D eigenvalue weighted by molar-refractivity contribution is 5.39. The summed E-state index contributed by atoms with van der Waals surface area (Å²) in [5.74, 6) is 1.79. The summed E-state index contributed by atoms with van der Waals surface area (Å²) in [4.78, 5) is 8.25. The van der Waals surface area contributed by atoms with E-state index in [4.69, 9.17) is 9.26 Å². The molecule has 1 aliphatic heterocycles. The third-order valence-electron chi connectivity index (χ3n) is 2.58. The summed E-state index contributed by atoms with van der Waals surface area (Å²) < 4.78 is 10.6. The van der Waals surface area contributed by atoms with Crippen LogP contribution >= 0.6 is 0 Å². The Morgan fingerprint density at radius 2 is 2.44 bits per heavy atom. The predicted molar refractivity (Wildman–Crippen MR) is 52.5 cm³/mol. The van der Waals surface area contributed by atoms with Crippen molar-refractivity contribution in [2.75, 3.05) is 13.2 Å². The molecule has 3 heterocycles. The Hall–Kier alpha value is -1.76. The minimum absolute atomic E-state index is 0.206. The highest BCUT2D eigenvalue weighted by Gasteiger charge is 2.23. The van der Waals surface area contributed by atoms with Crippen LogP contribution in [-0.2, 0) is 4.74 Å². The van der Waals surface area contributed by atoms with Crippen molar-refractivity contribution in [1.29, 1.82) is 0 Å². The average molecular weight is 221 g/mol. The van der Waals surface area contributed by atoms with Crippen molar-refractivity contribution in [3.8, 4) is 11.6 Å². The maximum absolute atomic E-state index is 5.37. The summed E-state index contributed by atoms with van der Waals surface area (Å²) in [6.45, 7) is 1.47. The van der Waals surface area contributed by atoms with Gasteiger partial charge in [0.05, 0.1) is 12.5 Å². The van der Waals surface area contributed by atoms with Crippen molar-refractivity contribution in [1.82, 2.24) is 25.3 Å². The second-order valence-electron chi connectivity index (χ2n) is 3.70. The molecule has 1 aliphatic rings. The number of aromatic nitrogens is 5. The Kier molecular flexibility index (Phi) is 2.37. The van der Waals surface area contributed by atoms with Gasteiger partial charge in [-0.3, -0.25) is 5.10 Å². The van der Waals surface area contributed by atoms with Crippen molar-refractivity contribution < 1.29 is 9.26 Å². The Morgan fingerprint density at radius 3 is 3.19 bits per heavy atom. The zero-order chi connectivity index (χ0) is 10.8. The highest BCUT2D eigenvalue weighted by Crippen LogP contribution is 2.24. The lowest BCUT2D eigenvalue weighted by molar-refractivity contribution is 0.0705. The average Bonchev–Trinajstić information content (AvgIpc) is 3.01. The fourth-order valence-electron chi connectivity index (χ4n) is 1.75. The zero-order valence-electron chi connectivity index (χ0n) is 8.59. The van der Waals surface area contributed by atoms with E-state index in [-0.39, 0.29) is 5.92 Å². The summed E-state index contributed by atoms with van der Waals surface area (Å²) in [6.07, 6.45) is 3.47. The Morgan fingerprint density at radius 1 is 1.44 bits per heavy atom. The Bertz CT molecular complexity index is 446. The predicted octanol–water partition coefficient (Wildman–Crippen LogP) is 0.749. The minimum atomic E-state index is 0.206. The molecule has 1 N–H and O–H groups in total. The van der Waals surface area contributed by atoms with Crippen LogP contribution in [0.1, 0.15) is 24.7 Å². The summed E-state index contributed by atoms with van der Waals surface area (Å²) in [6, 6.07) is 0. The van der Waals surface area contributed by atoms with Crippen LogP contribution in [0.25, 0.3) is 11.6 Å². The number of hydrogen-bond donors (Lipinski definition) is 1. The summed E-state index contributed by atoms with van der Waals surface area (Å²) in [5, 5.41) is 10.3. The van der Waals surface area contributed by atoms with Gasteiger partial charge in [0.25, 0.3) is 0 Å². The zero-order valence-corrected chi connectivity index (χ0v) is 8.59. The number of H-pyrrole nitrogens is 1. The van der Waals surface area contributed by atoms with Gasteiger partial charge in [0.15, 0.2) is 5.82 Å². The van der Waals surface area contributed by atoms with E-state index in [9.17, 15) is 0 Å². The number of aromatic amines is 1. The van der Waals surface area contributed by atoms with E-state index in [0.717, 1.165) is 19.4 Å². The number of ether oxygens (including phenoxy) is 1. The molecule has 0 amide bonds. The van der Waals surface area contributed by atoms with E-state index in [1.54, 1.807) is 0 Å². The Labute approximate surface area is 91.2 Å². The molecule has 16 heavy (non-hydrogen) atoms. The first kappa shape index (κ1) is 9.46. The van der Waals surface area contributed by atoms with Crippen molar-refractivity contribution in [3.05, 3.63) is 12.2 Å². The van der Waals surface area contributed by atoms with E-state index < -0.39 is 0 Å². The maximum Gasteiger partial charge on any atom is 0.239 e. The van der Waals surface area contributed by atoms with Gasteiger partial charge >= 0.3 is 0 Å². The first-order chi connectivity index (χ1) is 7.93. The maximum atomic E-state index is 5.37. The van der Waals surface area contributed by atoms with Crippen molar-refractivity contribution in [2.45, 2.75) is 18.8 Å². The molecule has 1 unspecified atom stereocenters. The molecule has 84 valence electrons. The summed E-state index contributed by atoms with van der Waals surface area (Å²) in [5.41, 5.74) is 0. The second-order valence-corrected chi connectivity index (χ2v) is 3.70. The molecule has 3 rings (SSSR count). The molecule has 0 aliphatic carbocycles. The normalized spacial score (nSPS) is 21.1. The number of nitrogens with zero attached hydrogens (tertiary/aromatic N) is 4. The minimum Gasteiger partial charge on any atom is -0.381 e. The summed E-state index contributed by atoms with van der Waals surface area (Å²) in [7, 11) is 0. The van der Waals surface area contributed by atoms with Gasteiger partial charge in [-0.15, -0.1) is 0 Å². The molecule has 1 saturated heterocycles. The van der Waals surface area contributed by atoms with E-state index in [2.05, 4.69) is 25.3 Å². The molecule has 1 atom stereocenters. The molecular formula is C9H11N5O2. The third-order valence-corrected chi connectivity index (χ3v) is 2.58. The molecular weight excluding hydrogens is 210 g/mol. The SMILES string of the molecule is c1n[nH]c(-c2noc(C3CCCOC3)n2)n1. The molecule has 7 nitrogen and oxygen atoms in total. The molecule has 0 saturated carbocycles. The fourth-order valence-corrected chi connectivity index (χ4v) is 1.75. The number of rotatable bonds is 2. The van der Waals surface area contributed by atoms with Crippen LogP contribution in [0, 0.1) is 0 Å². The first-order valence-electron chi connectivity index (χ1n) is 5.20. The van der Waals surface area contributed by atoms with Crippen LogP contribution in [0.3, 0.4) is 0 Å². The lowest BCUT2D eigenvalue weighted by Crippen LogP contribution is -2.15. The van der Waals surface area contributed by atoms with Crippen LogP contribution in [0.2, 0.25) is 0 Å². The lowest BCUT2D eigenvalue weighted by Gasteiger charge is -2.17. The topological polar surface area (TPSA) is 89.7 Å². The first-order valence-corrected chi connectivity index (χ1v) is 5.20. The quantitative estimate of drug-likeness (QED) is 0.804. The number of nitrogens with one attached hydrogen (secondary N) is 1. The summed E-state index contributed by atoms with van der Waals surface area (Å²) >= 11 is 0. The standard InChI is InChI=1S/C9H11N5O2/c1-2-6(4-15-3-1)9-12-8(14-16-9)7-10-5-11-13-7/h5-6H,1-4H2,(H,10,11,13). The van der Waals surface area contributed by atoms with E-state index in [1.165, 1.54) is 6.33 Å². The van der Waals surface area contributed by atoms with Crippen LogP contribution in [-0.4, -0.2) is 38.5 Å². The molecule has 0 radical (unpaired) electrons. The van der Waals surface area contributed by atoms with Gasteiger partial charge in [0, 0.05) is 6.61 Å². The van der Waals surface area contributed by atoms with E-state index >= 15 is 0 Å². The molecule has 2 aromatic rings. The van der Waals surface area contributed by atoms with Gasteiger partial charge in [-0.05, 0) is 12.8 Å². The molecule has 0 bridgehead atoms. The fraction of sp³-hybridized carbons (Fsp3) is 0.556. The molecule has 2 aromatic heterocycles. The van der Waals surface area contributed by atoms with Gasteiger partial charge < -0.3 is 9.26 Å². The van der Waals surface area contributed by atoms with Crippen molar-refractivity contribution in [2.24, 2.45) is 0 Å².